The molecule has 0 aromatic carbocycles. The van der Waals surface area contributed by atoms with Crippen LogP contribution in [0.2, 0.25) is 0 Å². The molecule has 3 nitrogen and oxygen atoms in total. The summed E-state index contributed by atoms with van der Waals surface area (Å²) in [5.74, 6) is 0. The van der Waals surface area contributed by atoms with Gasteiger partial charge in [-0.3, -0.25) is 4.79 Å². The highest BCUT2D eigenvalue weighted by Gasteiger charge is 1.88. The van der Waals surface area contributed by atoms with Crippen LogP contribution in [0.4, 0.5) is 0 Å². The smallest absolute Gasteiger partial charge is 0.227 e. The molecule has 0 saturated heterocycles. The number of amides is 1. The third kappa shape index (κ3) is 5.28. The minimum absolute atomic E-state index is 0.579. The molecule has 58 valence electrons. The van der Waals surface area contributed by atoms with Crippen molar-refractivity contribution in [1.29, 1.82) is 0 Å². The van der Waals surface area contributed by atoms with Crippen molar-refractivity contribution in [3.05, 3.63) is 0 Å². The Balaban J connectivity index is 3.38. The summed E-state index contributed by atoms with van der Waals surface area (Å²) in [5.41, 5.74) is 3.24. The zero-order chi connectivity index (χ0) is 7.82. The number of rotatable bonds is 5. The van der Waals surface area contributed by atoms with Gasteiger partial charge in [0.05, 0.1) is 0 Å². The number of nitrogens with zero attached hydrogens (tertiary/aromatic N) is 1. The monoisotopic (exact) mass is 142 g/mol. The normalized spacial score (nSPS) is 11.2. The van der Waals surface area contributed by atoms with Crippen LogP contribution in [0.1, 0.15) is 33.1 Å². The lowest BCUT2D eigenvalue weighted by atomic mass is 10.2. The van der Waals surface area contributed by atoms with Crippen molar-refractivity contribution in [3.8, 4) is 0 Å². The second kappa shape index (κ2) is 6.26. The summed E-state index contributed by atoms with van der Waals surface area (Å²) in [6.07, 6.45) is 3.84. The number of carbonyl (C=O) groups excluding carboxylic acids is 1. The van der Waals surface area contributed by atoms with Crippen molar-refractivity contribution in [2.24, 2.45) is 5.10 Å². The second-order valence-electron chi connectivity index (χ2n) is 2.20. The van der Waals surface area contributed by atoms with E-state index in [4.69, 9.17) is 0 Å². The Bertz CT molecular complexity index is 121. The first-order valence-electron chi connectivity index (χ1n) is 3.53. The molecule has 0 radical (unpaired) electrons. The first-order chi connectivity index (χ1) is 4.81. The molecule has 0 saturated carbocycles. The van der Waals surface area contributed by atoms with Crippen molar-refractivity contribution >= 4 is 12.1 Å². The molecule has 0 aromatic heterocycles. The summed E-state index contributed by atoms with van der Waals surface area (Å²) in [6.45, 7) is 4.03. The number of hydrazone groups is 1. The number of unbranched alkanes of at least 4 members (excludes halogenated alkanes) is 1. The van der Waals surface area contributed by atoms with Gasteiger partial charge in [0.1, 0.15) is 0 Å². The van der Waals surface area contributed by atoms with Gasteiger partial charge < -0.3 is 0 Å². The van der Waals surface area contributed by atoms with Crippen LogP contribution in [0.3, 0.4) is 0 Å². The Labute approximate surface area is 61.5 Å². The lowest BCUT2D eigenvalue weighted by Gasteiger charge is -1.95. The van der Waals surface area contributed by atoms with Gasteiger partial charge >= 0.3 is 0 Å². The van der Waals surface area contributed by atoms with Crippen LogP contribution in [0, 0.1) is 0 Å². The molecule has 1 amide bonds. The van der Waals surface area contributed by atoms with E-state index in [9.17, 15) is 4.79 Å². The predicted molar refractivity (Wildman–Crippen MR) is 41.8 cm³/mol. The Morgan fingerprint density at radius 3 is 2.90 bits per heavy atom. The summed E-state index contributed by atoms with van der Waals surface area (Å²) < 4.78 is 0. The average Bonchev–Trinajstić information content (AvgIpc) is 1.97. The van der Waals surface area contributed by atoms with Gasteiger partial charge in [-0.2, -0.15) is 5.10 Å². The van der Waals surface area contributed by atoms with Gasteiger partial charge in [0.15, 0.2) is 0 Å². The molecule has 0 aliphatic carbocycles. The fourth-order valence-electron chi connectivity index (χ4n) is 0.625. The molecule has 3 heteroatoms. The van der Waals surface area contributed by atoms with E-state index < -0.39 is 0 Å². The predicted octanol–water partition coefficient (Wildman–Crippen LogP) is 1.30. The number of nitrogens with one attached hydrogen (secondary N) is 1. The van der Waals surface area contributed by atoms with Crippen LogP contribution < -0.4 is 5.43 Å². The maximum absolute atomic E-state index is 9.76. The van der Waals surface area contributed by atoms with E-state index in [0.717, 1.165) is 25.0 Å². The van der Waals surface area contributed by atoms with E-state index in [-0.39, 0.29) is 0 Å². The van der Waals surface area contributed by atoms with Crippen LogP contribution in [0.25, 0.3) is 0 Å². The van der Waals surface area contributed by atoms with Crippen LogP contribution in [-0.2, 0) is 4.79 Å². The van der Waals surface area contributed by atoms with Gasteiger partial charge in [-0.15, -0.1) is 0 Å². The quantitative estimate of drug-likeness (QED) is 0.351. The zero-order valence-electron chi connectivity index (χ0n) is 6.55. The van der Waals surface area contributed by atoms with Crippen molar-refractivity contribution in [1.82, 2.24) is 5.43 Å². The molecule has 0 fully saturated rings. The van der Waals surface area contributed by atoms with Crippen molar-refractivity contribution in [2.75, 3.05) is 0 Å². The molecular formula is C7H14N2O. The van der Waals surface area contributed by atoms with Crippen LogP contribution in [0.5, 0.6) is 0 Å². The van der Waals surface area contributed by atoms with E-state index in [0.29, 0.717) is 6.41 Å². The molecule has 0 unspecified atom stereocenters. The van der Waals surface area contributed by atoms with Crippen molar-refractivity contribution in [2.45, 2.75) is 33.1 Å². The van der Waals surface area contributed by atoms with Crippen LogP contribution >= 0.6 is 0 Å². The second-order valence-corrected chi connectivity index (χ2v) is 2.20. The molecule has 0 aromatic rings. The van der Waals surface area contributed by atoms with E-state index in [1.165, 1.54) is 0 Å². The van der Waals surface area contributed by atoms with Gasteiger partial charge in [-0.05, 0) is 19.8 Å². The van der Waals surface area contributed by atoms with E-state index in [2.05, 4.69) is 17.5 Å². The Morgan fingerprint density at radius 2 is 2.40 bits per heavy atom. The number of carbonyl (C=O) groups is 1. The maximum Gasteiger partial charge on any atom is 0.227 e. The van der Waals surface area contributed by atoms with Crippen molar-refractivity contribution < 1.29 is 4.79 Å². The average molecular weight is 142 g/mol. The maximum atomic E-state index is 9.76. The molecule has 0 spiro atoms. The molecule has 0 aliphatic heterocycles. The Kier molecular flexibility index (Phi) is 5.72. The molecular weight excluding hydrogens is 128 g/mol. The molecule has 1 N–H and O–H groups in total. The zero-order valence-corrected chi connectivity index (χ0v) is 6.55. The highest BCUT2D eigenvalue weighted by Crippen LogP contribution is 1.94. The Hall–Kier alpha value is -0.860. The van der Waals surface area contributed by atoms with Crippen LogP contribution in [0.15, 0.2) is 5.10 Å². The SMILES string of the molecule is CCCC/C(C)=N\NC=O. The first kappa shape index (κ1) is 9.14. The molecule has 0 bridgehead atoms. The minimum atomic E-state index is 0.579. The molecule has 0 rings (SSSR count). The van der Waals surface area contributed by atoms with E-state index in [1.807, 2.05) is 6.92 Å². The summed E-state index contributed by atoms with van der Waals surface area (Å²) in [4.78, 5) is 9.76. The molecule has 0 aliphatic rings. The van der Waals surface area contributed by atoms with Gasteiger partial charge in [0.25, 0.3) is 0 Å². The summed E-state index contributed by atoms with van der Waals surface area (Å²) in [7, 11) is 0. The third-order valence-electron chi connectivity index (χ3n) is 1.20. The lowest BCUT2D eigenvalue weighted by Crippen LogP contribution is -2.05. The highest BCUT2D eigenvalue weighted by molar-refractivity contribution is 5.82. The lowest BCUT2D eigenvalue weighted by molar-refractivity contribution is -0.109. The Morgan fingerprint density at radius 1 is 1.70 bits per heavy atom. The van der Waals surface area contributed by atoms with Crippen molar-refractivity contribution in [3.63, 3.8) is 0 Å². The highest BCUT2D eigenvalue weighted by atomic mass is 16.1. The van der Waals surface area contributed by atoms with E-state index in [1.54, 1.807) is 0 Å². The minimum Gasteiger partial charge on any atom is -0.277 e. The fraction of sp³-hybridized carbons (Fsp3) is 0.714. The summed E-state index contributed by atoms with van der Waals surface area (Å²) in [6, 6.07) is 0. The summed E-state index contributed by atoms with van der Waals surface area (Å²) >= 11 is 0. The third-order valence-corrected chi connectivity index (χ3v) is 1.20. The standard InChI is InChI=1S/C7H14N2O/c1-3-4-5-7(2)9-8-6-10/h6H,3-5H2,1-2H3,(H,8,10)/b9-7-. The van der Waals surface area contributed by atoms with Gasteiger partial charge in [0, 0.05) is 5.71 Å². The van der Waals surface area contributed by atoms with E-state index >= 15 is 0 Å². The van der Waals surface area contributed by atoms with Crippen LogP contribution in [-0.4, -0.2) is 12.1 Å². The topological polar surface area (TPSA) is 41.5 Å². The molecule has 0 heterocycles. The molecule has 0 atom stereocenters. The number of hydrogen-bond donors (Lipinski definition) is 1. The van der Waals surface area contributed by atoms with Gasteiger partial charge in [-0.25, -0.2) is 5.43 Å². The van der Waals surface area contributed by atoms with Gasteiger partial charge in [-0.1, -0.05) is 13.3 Å². The summed E-state index contributed by atoms with van der Waals surface area (Å²) in [5, 5.41) is 3.78. The molecule has 10 heavy (non-hydrogen) atoms. The first-order valence-corrected chi connectivity index (χ1v) is 3.53. The largest absolute Gasteiger partial charge is 0.277 e. The fourth-order valence-corrected chi connectivity index (χ4v) is 0.625. The van der Waals surface area contributed by atoms with Gasteiger partial charge in [0.2, 0.25) is 6.41 Å². The number of hydrogen-bond acceptors (Lipinski definition) is 2.